The number of hydrogen-bond donors (Lipinski definition) is 0. The lowest BCUT2D eigenvalue weighted by molar-refractivity contribution is -0.123. The number of ether oxygens (including phenoxy) is 1. The molecule has 0 aromatic heterocycles. The maximum atomic E-state index is 13.1. The number of hydrogen-bond acceptors (Lipinski definition) is 4. The van der Waals surface area contributed by atoms with Crippen molar-refractivity contribution in [3.63, 3.8) is 0 Å². The third-order valence-corrected chi connectivity index (χ3v) is 5.98. The van der Waals surface area contributed by atoms with E-state index in [1.54, 1.807) is 11.0 Å². The van der Waals surface area contributed by atoms with E-state index < -0.39 is 11.5 Å². The van der Waals surface area contributed by atoms with Gasteiger partial charge >= 0.3 is 6.09 Å². The van der Waals surface area contributed by atoms with E-state index in [9.17, 15) is 14.4 Å². The van der Waals surface area contributed by atoms with Crippen LogP contribution in [-0.2, 0) is 14.3 Å². The number of carbonyl (C=O) groups is 3. The smallest absolute Gasteiger partial charge is 0.410 e. The van der Waals surface area contributed by atoms with Crippen molar-refractivity contribution in [1.29, 1.82) is 0 Å². The molecule has 1 unspecified atom stereocenters. The minimum Gasteiger partial charge on any atom is -0.444 e. The van der Waals surface area contributed by atoms with Crippen LogP contribution in [0.2, 0.25) is 0 Å². The Hall–Kier alpha value is -2.43. The van der Waals surface area contributed by atoms with E-state index in [0.29, 0.717) is 31.0 Å². The molecule has 0 spiro atoms. The zero-order valence-corrected chi connectivity index (χ0v) is 19.0. The van der Waals surface area contributed by atoms with Crippen molar-refractivity contribution >= 4 is 17.7 Å². The predicted octanol–water partition coefficient (Wildman–Crippen LogP) is 4.81. The Kier molecular flexibility index (Phi) is 6.21. The SMILES string of the molecule is Cc1cc(C)c(C2C(=O)C=C(CC3CCN(C(=O)OC(C)(C)C)CC3)C2=O)c(C)c1. The van der Waals surface area contributed by atoms with Crippen LogP contribution in [0.3, 0.4) is 0 Å². The standard InChI is InChI=1S/C25H33NO4/c1-15-11-16(2)21(17(3)12-15)22-20(27)14-19(23(22)28)13-18-7-9-26(10-8-18)24(29)30-25(4,5)6/h11-12,14,18,22H,7-10,13H2,1-6H3. The Labute approximate surface area is 179 Å². The molecule has 1 aromatic carbocycles. The minimum atomic E-state index is -0.692. The molecule has 5 heteroatoms. The van der Waals surface area contributed by atoms with Crippen molar-refractivity contribution in [1.82, 2.24) is 4.90 Å². The van der Waals surface area contributed by atoms with Crippen molar-refractivity contribution in [3.05, 3.63) is 46.0 Å². The number of benzene rings is 1. The van der Waals surface area contributed by atoms with Crippen LogP contribution in [0.4, 0.5) is 4.79 Å². The lowest BCUT2D eigenvalue weighted by Crippen LogP contribution is -2.41. The summed E-state index contributed by atoms with van der Waals surface area (Å²) in [5.41, 5.74) is 4.13. The molecule has 5 nitrogen and oxygen atoms in total. The van der Waals surface area contributed by atoms with Gasteiger partial charge in [0.25, 0.3) is 0 Å². The average molecular weight is 412 g/mol. The molecule has 1 aliphatic carbocycles. The van der Waals surface area contributed by atoms with Gasteiger partial charge < -0.3 is 9.64 Å². The maximum Gasteiger partial charge on any atom is 0.410 e. The van der Waals surface area contributed by atoms with Crippen molar-refractivity contribution in [3.8, 4) is 0 Å². The fraction of sp³-hybridized carbons (Fsp3) is 0.560. The third kappa shape index (κ3) is 4.82. The van der Waals surface area contributed by atoms with E-state index in [4.69, 9.17) is 4.74 Å². The highest BCUT2D eigenvalue weighted by molar-refractivity contribution is 6.25. The predicted molar refractivity (Wildman–Crippen MR) is 117 cm³/mol. The summed E-state index contributed by atoms with van der Waals surface area (Å²) in [4.78, 5) is 39.8. The second-order valence-corrected chi connectivity index (χ2v) is 9.80. The minimum absolute atomic E-state index is 0.0513. The summed E-state index contributed by atoms with van der Waals surface area (Å²) >= 11 is 0. The highest BCUT2D eigenvalue weighted by Crippen LogP contribution is 2.36. The summed E-state index contributed by atoms with van der Waals surface area (Å²) in [5, 5.41) is 0. The zero-order chi connectivity index (χ0) is 22.2. The molecular formula is C25H33NO4. The number of ketones is 2. The highest BCUT2D eigenvalue weighted by atomic mass is 16.6. The van der Waals surface area contributed by atoms with E-state index in [1.165, 1.54) is 0 Å². The van der Waals surface area contributed by atoms with Gasteiger partial charge in [-0.25, -0.2) is 4.79 Å². The molecule has 1 fully saturated rings. The van der Waals surface area contributed by atoms with Gasteiger partial charge in [0.1, 0.15) is 11.5 Å². The highest BCUT2D eigenvalue weighted by Gasteiger charge is 2.38. The first kappa shape index (κ1) is 22.3. The van der Waals surface area contributed by atoms with E-state index in [1.807, 2.05) is 53.7 Å². The number of amides is 1. The largest absolute Gasteiger partial charge is 0.444 e. The summed E-state index contributed by atoms with van der Waals surface area (Å²) in [6, 6.07) is 4.07. The molecule has 162 valence electrons. The van der Waals surface area contributed by atoms with Gasteiger partial charge in [-0.15, -0.1) is 0 Å². The topological polar surface area (TPSA) is 63.7 Å². The zero-order valence-electron chi connectivity index (χ0n) is 19.0. The quantitative estimate of drug-likeness (QED) is 0.670. The average Bonchev–Trinajstić information content (AvgIpc) is 2.88. The van der Waals surface area contributed by atoms with Crippen molar-refractivity contribution in [2.45, 2.75) is 72.3 Å². The van der Waals surface area contributed by atoms with E-state index in [0.717, 1.165) is 35.1 Å². The monoisotopic (exact) mass is 411 g/mol. The Bertz CT molecular complexity index is 875. The van der Waals surface area contributed by atoms with E-state index in [2.05, 4.69) is 0 Å². The molecule has 0 N–H and O–H groups in total. The molecule has 1 aliphatic heterocycles. The molecule has 1 heterocycles. The third-order valence-electron chi connectivity index (χ3n) is 5.98. The lowest BCUT2D eigenvalue weighted by atomic mass is 9.84. The molecule has 1 aromatic rings. The first-order chi connectivity index (χ1) is 14.0. The van der Waals surface area contributed by atoms with Gasteiger partial charge in [-0.3, -0.25) is 9.59 Å². The van der Waals surface area contributed by atoms with Gasteiger partial charge in [-0.2, -0.15) is 0 Å². The summed E-state index contributed by atoms with van der Waals surface area (Å²) in [7, 11) is 0. The van der Waals surface area contributed by atoms with Gasteiger partial charge in [0.05, 0.1) is 0 Å². The van der Waals surface area contributed by atoms with Crippen LogP contribution in [0.25, 0.3) is 0 Å². The van der Waals surface area contributed by atoms with Crippen LogP contribution >= 0.6 is 0 Å². The Morgan fingerprint density at radius 2 is 1.63 bits per heavy atom. The second-order valence-electron chi connectivity index (χ2n) is 9.80. The fourth-order valence-electron chi connectivity index (χ4n) is 4.68. The summed E-state index contributed by atoms with van der Waals surface area (Å²) in [5.74, 6) is -0.547. The lowest BCUT2D eigenvalue weighted by Gasteiger charge is -2.33. The molecule has 30 heavy (non-hydrogen) atoms. The summed E-state index contributed by atoms with van der Waals surface area (Å²) in [6.07, 6.45) is 3.51. The molecule has 0 bridgehead atoms. The molecule has 1 atom stereocenters. The molecule has 2 aliphatic rings. The van der Waals surface area contributed by atoms with Gasteiger partial charge in [-0.1, -0.05) is 17.7 Å². The first-order valence-corrected chi connectivity index (χ1v) is 10.8. The molecule has 1 amide bonds. The Morgan fingerprint density at radius 3 is 2.17 bits per heavy atom. The normalized spacial score (nSPS) is 20.5. The van der Waals surface area contributed by atoms with Crippen LogP contribution in [0, 0.1) is 26.7 Å². The molecule has 0 saturated carbocycles. The number of Topliss-reactive ketones (excluding diaryl/α,β-unsaturated/α-hetero) is 1. The number of piperidine rings is 1. The second kappa shape index (κ2) is 8.37. The summed E-state index contributed by atoms with van der Waals surface area (Å²) < 4.78 is 5.45. The van der Waals surface area contributed by atoms with E-state index in [-0.39, 0.29) is 17.7 Å². The molecular weight excluding hydrogens is 378 g/mol. The first-order valence-electron chi connectivity index (χ1n) is 10.8. The number of allylic oxidation sites excluding steroid dienone is 2. The number of aryl methyl sites for hydroxylation is 3. The van der Waals surface area contributed by atoms with Gasteiger partial charge in [0, 0.05) is 18.7 Å². The van der Waals surface area contributed by atoms with Gasteiger partial charge in [-0.05, 0) is 89.5 Å². The number of nitrogens with zero attached hydrogens (tertiary/aromatic N) is 1. The number of likely N-dealkylation sites (tertiary alicyclic amines) is 1. The molecule has 3 rings (SSSR count). The molecule has 0 radical (unpaired) electrons. The van der Waals surface area contributed by atoms with Gasteiger partial charge in [0.2, 0.25) is 0 Å². The van der Waals surface area contributed by atoms with Crippen LogP contribution in [0.5, 0.6) is 0 Å². The van der Waals surface area contributed by atoms with Crippen LogP contribution in [0.15, 0.2) is 23.8 Å². The van der Waals surface area contributed by atoms with Crippen LogP contribution in [0.1, 0.15) is 68.2 Å². The van der Waals surface area contributed by atoms with E-state index >= 15 is 0 Å². The fourth-order valence-corrected chi connectivity index (χ4v) is 4.68. The maximum absolute atomic E-state index is 13.1. The van der Waals surface area contributed by atoms with Crippen molar-refractivity contribution in [2.75, 3.05) is 13.1 Å². The van der Waals surface area contributed by atoms with Gasteiger partial charge in [0.15, 0.2) is 11.6 Å². The summed E-state index contributed by atoms with van der Waals surface area (Å²) in [6.45, 7) is 12.8. The number of carbonyl (C=O) groups excluding carboxylic acids is 3. The van der Waals surface area contributed by atoms with Crippen LogP contribution in [-0.4, -0.2) is 41.3 Å². The Balaban J connectivity index is 1.63. The number of rotatable bonds is 3. The van der Waals surface area contributed by atoms with Crippen LogP contribution < -0.4 is 0 Å². The van der Waals surface area contributed by atoms with Crippen molar-refractivity contribution < 1.29 is 19.1 Å². The van der Waals surface area contributed by atoms with Crippen molar-refractivity contribution in [2.24, 2.45) is 5.92 Å². The molecule has 1 saturated heterocycles. The Morgan fingerprint density at radius 1 is 1.07 bits per heavy atom.